The number of carbonyl (C=O) groups is 1. The number of methoxy groups -OCH3 is 1. The van der Waals surface area contributed by atoms with E-state index in [-0.39, 0.29) is 5.78 Å². The van der Waals surface area contributed by atoms with Crippen molar-refractivity contribution in [1.82, 2.24) is 0 Å². The van der Waals surface area contributed by atoms with Gasteiger partial charge in [0.05, 0.1) is 24.5 Å². The molecular weight excluding hydrogens is 248 g/mol. The van der Waals surface area contributed by atoms with Crippen LogP contribution in [-0.2, 0) is 4.74 Å². The van der Waals surface area contributed by atoms with Gasteiger partial charge in [0.2, 0.25) is 0 Å². The van der Waals surface area contributed by atoms with E-state index in [9.17, 15) is 4.79 Å². The number of carbonyl (C=O) groups excluding carboxylic acids is 1. The van der Waals surface area contributed by atoms with E-state index in [0.29, 0.717) is 23.2 Å². The molecule has 0 radical (unpaired) electrons. The van der Waals surface area contributed by atoms with Gasteiger partial charge < -0.3 is 9.47 Å². The average Bonchev–Trinajstić information content (AvgIpc) is 2.91. The van der Waals surface area contributed by atoms with Crippen LogP contribution in [0.3, 0.4) is 0 Å². The van der Waals surface area contributed by atoms with Crippen molar-refractivity contribution >= 4 is 17.5 Å². The predicted molar refractivity (Wildman–Crippen MR) is 73.6 cm³/mol. The molecule has 98 valence electrons. The van der Waals surface area contributed by atoms with E-state index in [4.69, 9.17) is 9.47 Å². The van der Waals surface area contributed by atoms with Crippen molar-refractivity contribution in [3.05, 3.63) is 29.8 Å². The summed E-state index contributed by atoms with van der Waals surface area (Å²) in [5.74, 6) is 2.16. The molecule has 1 aromatic carbocycles. The first kappa shape index (κ1) is 13.4. The van der Waals surface area contributed by atoms with Gasteiger partial charge in [-0.2, -0.15) is 11.8 Å². The molecule has 18 heavy (non-hydrogen) atoms. The molecule has 1 saturated heterocycles. The molecule has 0 bridgehead atoms. The molecule has 1 atom stereocenters. The molecule has 0 spiro atoms. The maximum atomic E-state index is 12.1. The number of rotatable bonds is 6. The molecule has 0 amide bonds. The highest BCUT2D eigenvalue weighted by molar-refractivity contribution is 8.00. The molecule has 0 aromatic heterocycles. The fourth-order valence-corrected chi connectivity index (χ4v) is 3.00. The van der Waals surface area contributed by atoms with Crippen LogP contribution in [0.15, 0.2) is 24.3 Å². The Morgan fingerprint density at radius 1 is 1.50 bits per heavy atom. The zero-order valence-electron chi connectivity index (χ0n) is 10.6. The van der Waals surface area contributed by atoms with Crippen LogP contribution < -0.4 is 4.74 Å². The number of ketones is 1. The van der Waals surface area contributed by atoms with Gasteiger partial charge in [0.15, 0.2) is 5.78 Å². The van der Waals surface area contributed by atoms with Crippen LogP contribution in [0.25, 0.3) is 0 Å². The number of Topliss-reactive ketones (excluding diaryl/α,β-unsaturated/α-hetero) is 1. The molecule has 2 rings (SSSR count). The predicted octanol–water partition coefficient (Wildman–Crippen LogP) is 2.79. The van der Waals surface area contributed by atoms with E-state index in [2.05, 4.69) is 0 Å². The summed E-state index contributed by atoms with van der Waals surface area (Å²) in [6.07, 6.45) is 2.60. The van der Waals surface area contributed by atoms with E-state index in [0.717, 1.165) is 25.2 Å². The lowest BCUT2D eigenvalue weighted by atomic mass is 10.1. The minimum atomic E-state index is 0.121. The number of thioether (sulfide) groups is 1. The number of hydrogen-bond acceptors (Lipinski definition) is 4. The second-order valence-electron chi connectivity index (χ2n) is 4.27. The van der Waals surface area contributed by atoms with Gasteiger partial charge in [0.1, 0.15) is 5.75 Å². The van der Waals surface area contributed by atoms with E-state index in [1.807, 2.05) is 24.3 Å². The molecule has 3 nitrogen and oxygen atoms in total. The second-order valence-corrected chi connectivity index (χ2v) is 5.30. The molecule has 1 aromatic rings. The maximum Gasteiger partial charge on any atom is 0.176 e. The zero-order chi connectivity index (χ0) is 12.8. The van der Waals surface area contributed by atoms with Crippen molar-refractivity contribution in [3.8, 4) is 5.75 Å². The quantitative estimate of drug-likeness (QED) is 0.742. The van der Waals surface area contributed by atoms with Crippen LogP contribution in [0, 0.1) is 0 Å². The highest BCUT2D eigenvalue weighted by atomic mass is 32.2. The SMILES string of the molecule is COc1ccccc1C(=O)CSCC1CCCO1. The fourth-order valence-electron chi connectivity index (χ4n) is 2.01. The first-order valence-corrected chi connectivity index (χ1v) is 7.32. The molecule has 1 unspecified atom stereocenters. The van der Waals surface area contributed by atoms with Crippen LogP contribution in [0.1, 0.15) is 23.2 Å². The summed E-state index contributed by atoms with van der Waals surface area (Å²) in [7, 11) is 1.59. The normalized spacial score (nSPS) is 18.8. The number of ether oxygens (including phenoxy) is 2. The topological polar surface area (TPSA) is 35.5 Å². The number of hydrogen-bond donors (Lipinski definition) is 0. The third-order valence-corrected chi connectivity index (χ3v) is 4.04. The third-order valence-electron chi connectivity index (χ3n) is 2.97. The van der Waals surface area contributed by atoms with Crippen LogP contribution in [0.4, 0.5) is 0 Å². The van der Waals surface area contributed by atoms with Crippen molar-refractivity contribution in [2.75, 3.05) is 25.2 Å². The van der Waals surface area contributed by atoms with Gasteiger partial charge in [0, 0.05) is 12.4 Å². The first-order valence-electron chi connectivity index (χ1n) is 6.17. The molecule has 1 fully saturated rings. The summed E-state index contributed by atoms with van der Waals surface area (Å²) in [5, 5.41) is 0. The highest BCUT2D eigenvalue weighted by Crippen LogP contribution is 2.21. The van der Waals surface area contributed by atoms with Crippen molar-refractivity contribution in [1.29, 1.82) is 0 Å². The second kappa shape index (κ2) is 6.81. The molecule has 1 heterocycles. The largest absolute Gasteiger partial charge is 0.496 e. The summed E-state index contributed by atoms with van der Waals surface area (Å²) in [6.45, 7) is 0.867. The fraction of sp³-hybridized carbons (Fsp3) is 0.500. The molecular formula is C14H18O3S. The first-order chi connectivity index (χ1) is 8.81. The average molecular weight is 266 g/mol. The minimum Gasteiger partial charge on any atom is -0.496 e. The van der Waals surface area contributed by atoms with Crippen molar-refractivity contribution < 1.29 is 14.3 Å². The Morgan fingerprint density at radius 3 is 3.06 bits per heavy atom. The van der Waals surface area contributed by atoms with E-state index in [1.54, 1.807) is 18.9 Å². The molecule has 4 heteroatoms. The van der Waals surface area contributed by atoms with Crippen LogP contribution in [0.2, 0.25) is 0 Å². The Hall–Kier alpha value is -1.00. The van der Waals surface area contributed by atoms with Crippen LogP contribution in [-0.4, -0.2) is 37.1 Å². The van der Waals surface area contributed by atoms with Gasteiger partial charge in [-0.25, -0.2) is 0 Å². The lowest BCUT2D eigenvalue weighted by Gasteiger charge is -2.09. The van der Waals surface area contributed by atoms with Crippen molar-refractivity contribution in [2.24, 2.45) is 0 Å². The molecule has 0 saturated carbocycles. The van der Waals surface area contributed by atoms with E-state index >= 15 is 0 Å². The summed E-state index contributed by atoms with van der Waals surface area (Å²) < 4.78 is 10.7. The van der Waals surface area contributed by atoms with Gasteiger partial charge in [-0.3, -0.25) is 4.79 Å². The maximum absolute atomic E-state index is 12.1. The number of para-hydroxylation sites is 1. The molecule has 0 N–H and O–H groups in total. The van der Waals surface area contributed by atoms with E-state index in [1.165, 1.54) is 0 Å². The van der Waals surface area contributed by atoms with Crippen LogP contribution >= 0.6 is 11.8 Å². The van der Waals surface area contributed by atoms with Gasteiger partial charge >= 0.3 is 0 Å². The summed E-state index contributed by atoms with van der Waals surface area (Å²) in [5.41, 5.74) is 0.667. The summed E-state index contributed by atoms with van der Waals surface area (Å²) in [4.78, 5) is 12.1. The third kappa shape index (κ3) is 3.50. The Kier molecular flexibility index (Phi) is 5.08. The van der Waals surface area contributed by atoms with Crippen molar-refractivity contribution in [3.63, 3.8) is 0 Å². The monoisotopic (exact) mass is 266 g/mol. The van der Waals surface area contributed by atoms with Gasteiger partial charge in [-0.05, 0) is 25.0 Å². The Labute approximate surface area is 112 Å². The van der Waals surface area contributed by atoms with Crippen molar-refractivity contribution in [2.45, 2.75) is 18.9 Å². The Morgan fingerprint density at radius 2 is 2.33 bits per heavy atom. The van der Waals surface area contributed by atoms with Crippen LogP contribution in [0.5, 0.6) is 5.75 Å². The van der Waals surface area contributed by atoms with Gasteiger partial charge in [-0.15, -0.1) is 0 Å². The minimum absolute atomic E-state index is 0.121. The van der Waals surface area contributed by atoms with Gasteiger partial charge in [0.25, 0.3) is 0 Å². The number of benzene rings is 1. The molecule has 1 aliphatic heterocycles. The Balaban J connectivity index is 1.83. The molecule has 0 aliphatic carbocycles. The standard InChI is InChI=1S/C14H18O3S/c1-16-14-7-3-2-6-12(14)13(15)10-18-9-11-5-4-8-17-11/h2-3,6-7,11H,4-5,8-10H2,1H3. The van der Waals surface area contributed by atoms with Gasteiger partial charge in [-0.1, -0.05) is 12.1 Å². The summed E-state index contributed by atoms with van der Waals surface area (Å²) >= 11 is 1.64. The lowest BCUT2D eigenvalue weighted by Crippen LogP contribution is -2.11. The van der Waals surface area contributed by atoms with E-state index < -0.39 is 0 Å². The smallest absolute Gasteiger partial charge is 0.176 e. The molecule has 1 aliphatic rings. The highest BCUT2D eigenvalue weighted by Gasteiger charge is 2.17. The Bertz CT molecular complexity index is 400. The lowest BCUT2D eigenvalue weighted by molar-refractivity contribution is 0.101. The summed E-state index contributed by atoms with van der Waals surface area (Å²) in [6, 6.07) is 7.36. The zero-order valence-corrected chi connectivity index (χ0v) is 11.4.